The Balaban J connectivity index is 2.44. The molecular weight excluding hydrogens is 287 g/mol. The molecule has 0 heterocycles. The van der Waals surface area contributed by atoms with Crippen LogP contribution in [0.2, 0.25) is 0 Å². The molecule has 3 nitrogen and oxygen atoms in total. The first-order valence-corrected chi connectivity index (χ1v) is 6.26. The lowest BCUT2D eigenvalue weighted by atomic mass is 10.2. The van der Waals surface area contributed by atoms with Crippen molar-refractivity contribution in [2.45, 2.75) is 19.9 Å². The Morgan fingerprint density at radius 1 is 1.41 bits per heavy atom. The average molecular weight is 303 g/mol. The van der Waals surface area contributed by atoms with Crippen molar-refractivity contribution in [1.82, 2.24) is 10.6 Å². The number of hydrogen-bond donors (Lipinski definition) is 2. The Labute approximate surface area is 109 Å². The van der Waals surface area contributed by atoms with Crippen LogP contribution in [0, 0.1) is 5.82 Å². The molecule has 2 N–H and O–H groups in total. The molecule has 1 rings (SSSR count). The summed E-state index contributed by atoms with van der Waals surface area (Å²) in [7, 11) is 0. The van der Waals surface area contributed by atoms with Gasteiger partial charge in [0.05, 0.1) is 4.47 Å². The van der Waals surface area contributed by atoms with Crippen molar-refractivity contribution in [2.24, 2.45) is 0 Å². The number of halogens is 2. The summed E-state index contributed by atoms with van der Waals surface area (Å²) < 4.78 is 13.3. The first-order chi connectivity index (χ1) is 8.00. The van der Waals surface area contributed by atoms with E-state index in [0.29, 0.717) is 29.2 Å². The van der Waals surface area contributed by atoms with Gasteiger partial charge in [0.25, 0.3) is 5.91 Å². The smallest absolute Gasteiger partial charge is 0.251 e. The van der Waals surface area contributed by atoms with Crippen molar-refractivity contribution < 1.29 is 9.18 Å². The molecule has 0 saturated heterocycles. The molecule has 17 heavy (non-hydrogen) atoms. The van der Waals surface area contributed by atoms with Gasteiger partial charge in [0.1, 0.15) is 5.82 Å². The quantitative estimate of drug-likeness (QED) is 0.820. The number of rotatable bonds is 5. The SMILES string of the molecule is CC(C)NCCNC(=O)c1ccc(F)c(Br)c1. The zero-order chi connectivity index (χ0) is 12.8. The number of nitrogens with one attached hydrogen (secondary N) is 2. The van der Waals surface area contributed by atoms with Gasteiger partial charge in [-0.1, -0.05) is 13.8 Å². The normalized spacial score (nSPS) is 10.6. The lowest BCUT2D eigenvalue weighted by molar-refractivity contribution is 0.0953. The van der Waals surface area contributed by atoms with E-state index in [-0.39, 0.29) is 11.7 Å². The average Bonchev–Trinajstić information content (AvgIpc) is 2.27. The van der Waals surface area contributed by atoms with Gasteiger partial charge in [-0.15, -0.1) is 0 Å². The highest BCUT2D eigenvalue weighted by Crippen LogP contribution is 2.16. The molecule has 1 aromatic carbocycles. The van der Waals surface area contributed by atoms with Crippen LogP contribution in [-0.2, 0) is 0 Å². The van der Waals surface area contributed by atoms with Gasteiger partial charge in [-0.25, -0.2) is 4.39 Å². The topological polar surface area (TPSA) is 41.1 Å². The minimum atomic E-state index is -0.372. The number of carbonyl (C=O) groups is 1. The maximum atomic E-state index is 13.0. The van der Waals surface area contributed by atoms with Crippen LogP contribution in [0.3, 0.4) is 0 Å². The predicted octanol–water partition coefficient (Wildman–Crippen LogP) is 2.32. The van der Waals surface area contributed by atoms with Gasteiger partial charge in [0, 0.05) is 24.7 Å². The van der Waals surface area contributed by atoms with Crippen LogP contribution in [0.5, 0.6) is 0 Å². The number of hydrogen-bond acceptors (Lipinski definition) is 2. The first kappa shape index (κ1) is 14.1. The highest BCUT2D eigenvalue weighted by Gasteiger charge is 2.07. The summed E-state index contributed by atoms with van der Waals surface area (Å²) in [6.07, 6.45) is 0. The van der Waals surface area contributed by atoms with Crippen LogP contribution in [-0.4, -0.2) is 25.0 Å². The van der Waals surface area contributed by atoms with Crippen molar-refractivity contribution in [3.8, 4) is 0 Å². The molecule has 0 spiro atoms. The van der Waals surface area contributed by atoms with E-state index in [2.05, 4.69) is 26.6 Å². The molecule has 0 aliphatic heterocycles. The molecule has 0 bridgehead atoms. The first-order valence-electron chi connectivity index (χ1n) is 5.47. The number of carbonyl (C=O) groups excluding carboxylic acids is 1. The summed E-state index contributed by atoms with van der Waals surface area (Å²) in [4.78, 5) is 11.7. The number of amides is 1. The third kappa shape index (κ3) is 4.83. The zero-order valence-corrected chi connectivity index (χ0v) is 11.5. The molecule has 1 amide bonds. The van der Waals surface area contributed by atoms with Crippen molar-refractivity contribution in [3.63, 3.8) is 0 Å². The fraction of sp³-hybridized carbons (Fsp3) is 0.417. The van der Waals surface area contributed by atoms with E-state index in [0.717, 1.165) is 0 Å². The Bertz CT molecular complexity index is 396. The van der Waals surface area contributed by atoms with Gasteiger partial charge in [-0.05, 0) is 34.1 Å². The molecule has 0 saturated carbocycles. The standard InChI is InChI=1S/C12H16BrFN2O/c1-8(2)15-5-6-16-12(17)9-3-4-11(14)10(13)7-9/h3-4,7-8,15H,5-6H2,1-2H3,(H,16,17). The Kier molecular flexibility index (Phi) is 5.58. The van der Waals surface area contributed by atoms with Crippen LogP contribution in [0.15, 0.2) is 22.7 Å². The van der Waals surface area contributed by atoms with Gasteiger partial charge in [-0.2, -0.15) is 0 Å². The van der Waals surface area contributed by atoms with E-state index < -0.39 is 0 Å². The van der Waals surface area contributed by atoms with Crippen molar-refractivity contribution in [1.29, 1.82) is 0 Å². The van der Waals surface area contributed by atoms with Gasteiger partial charge in [0.15, 0.2) is 0 Å². The van der Waals surface area contributed by atoms with Gasteiger partial charge >= 0.3 is 0 Å². The lowest BCUT2D eigenvalue weighted by Crippen LogP contribution is -2.34. The molecule has 0 aliphatic rings. The van der Waals surface area contributed by atoms with Crippen LogP contribution < -0.4 is 10.6 Å². The minimum absolute atomic E-state index is 0.198. The van der Waals surface area contributed by atoms with E-state index in [1.165, 1.54) is 18.2 Å². The summed E-state index contributed by atoms with van der Waals surface area (Å²) in [6.45, 7) is 5.34. The molecule has 0 atom stereocenters. The fourth-order valence-corrected chi connectivity index (χ4v) is 1.66. The number of benzene rings is 1. The largest absolute Gasteiger partial charge is 0.351 e. The molecule has 1 aromatic rings. The van der Waals surface area contributed by atoms with Crippen molar-refractivity contribution >= 4 is 21.8 Å². The molecule has 5 heteroatoms. The fourth-order valence-electron chi connectivity index (χ4n) is 1.28. The molecule has 94 valence electrons. The predicted molar refractivity (Wildman–Crippen MR) is 69.6 cm³/mol. The maximum Gasteiger partial charge on any atom is 0.251 e. The second-order valence-electron chi connectivity index (χ2n) is 3.99. The minimum Gasteiger partial charge on any atom is -0.351 e. The van der Waals surface area contributed by atoms with E-state index in [9.17, 15) is 9.18 Å². The Morgan fingerprint density at radius 2 is 2.12 bits per heavy atom. The third-order valence-corrected chi connectivity index (χ3v) is 2.75. The second-order valence-corrected chi connectivity index (χ2v) is 4.85. The second kappa shape index (κ2) is 6.71. The summed E-state index contributed by atoms with van der Waals surface area (Å²) in [5.74, 6) is -0.570. The molecule has 0 fully saturated rings. The lowest BCUT2D eigenvalue weighted by Gasteiger charge is -2.09. The third-order valence-electron chi connectivity index (χ3n) is 2.14. The van der Waals surface area contributed by atoms with Crippen molar-refractivity contribution in [2.75, 3.05) is 13.1 Å². The van der Waals surface area contributed by atoms with E-state index >= 15 is 0 Å². The summed E-state index contributed by atoms with van der Waals surface area (Å²) in [5, 5.41) is 5.95. The van der Waals surface area contributed by atoms with E-state index in [1.807, 2.05) is 13.8 Å². The van der Waals surface area contributed by atoms with Gasteiger partial charge in [-0.3, -0.25) is 4.79 Å². The highest BCUT2D eigenvalue weighted by atomic mass is 79.9. The monoisotopic (exact) mass is 302 g/mol. The van der Waals surface area contributed by atoms with Crippen LogP contribution in [0.4, 0.5) is 4.39 Å². The molecule has 0 unspecified atom stereocenters. The molecule has 0 aromatic heterocycles. The Hall–Kier alpha value is -0.940. The van der Waals surface area contributed by atoms with Gasteiger partial charge in [0.2, 0.25) is 0 Å². The Morgan fingerprint density at radius 3 is 2.71 bits per heavy atom. The molecule has 0 aliphatic carbocycles. The van der Waals surface area contributed by atoms with E-state index in [1.54, 1.807) is 0 Å². The van der Waals surface area contributed by atoms with Crippen molar-refractivity contribution in [3.05, 3.63) is 34.1 Å². The summed E-state index contributed by atoms with van der Waals surface area (Å²) in [6, 6.07) is 4.60. The van der Waals surface area contributed by atoms with E-state index in [4.69, 9.17) is 0 Å². The maximum absolute atomic E-state index is 13.0. The molecular formula is C12H16BrFN2O. The van der Waals surface area contributed by atoms with Crippen LogP contribution >= 0.6 is 15.9 Å². The highest BCUT2D eigenvalue weighted by molar-refractivity contribution is 9.10. The van der Waals surface area contributed by atoms with Crippen LogP contribution in [0.1, 0.15) is 24.2 Å². The van der Waals surface area contributed by atoms with Gasteiger partial charge < -0.3 is 10.6 Å². The molecule has 0 radical (unpaired) electrons. The zero-order valence-electron chi connectivity index (χ0n) is 9.89. The summed E-state index contributed by atoms with van der Waals surface area (Å²) >= 11 is 3.05. The van der Waals surface area contributed by atoms with Crippen LogP contribution in [0.25, 0.3) is 0 Å². The summed E-state index contributed by atoms with van der Waals surface area (Å²) in [5.41, 5.74) is 0.447.